The molecule has 1 aromatic rings. The lowest BCUT2D eigenvalue weighted by molar-refractivity contribution is 0.0240. The van der Waals surface area contributed by atoms with Crippen LogP contribution in [-0.2, 0) is 4.74 Å². The van der Waals surface area contributed by atoms with Crippen LogP contribution in [0.15, 0.2) is 18.2 Å². The first-order valence-corrected chi connectivity index (χ1v) is 7.35. The van der Waals surface area contributed by atoms with Crippen molar-refractivity contribution in [3.63, 3.8) is 0 Å². The topological polar surface area (TPSA) is 70.1 Å². The maximum Gasteiger partial charge on any atom is 0.410 e. The first kappa shape index (κ1) is 15.6. The Morgan fingerprint density at radius 1 is 1.30 bits per heavy atom. The number of carboxylic acid groups (broad SMARTS) is 1. The second kappa shape index (κ2) is 6.44. The van der Waals surface area contributed by atoms with Crippen LogP contribution in [-0.4, -0.2) is 53.8 Å². The second-order valence-corrected chi connectivity index (χ2v) is 6.34. The monoisotopic (exact) mass is 325 g/mol. The first-order valence-electron chi connectivity index (χ1n) is 7.85. The van der Waals surface area contributed by atoms with Gasteiger partial charge >= 0.3 is 12.1 Å². The van der Waals surface area contributed by atoms with Gasteiger partial charge in [0.15, 0.2) is 0 Å². The van der Waals surface area contributed by atoms with Gasteiger partial charge in [0.25, 0.3) is 0 Å². The number of anilines is 1. The molecule has 1 aliphatic rings. The number of hydrogen-bond donors (Lipinski definition) is 1. The number of hydrogen-bond acceptors (Lipinski definition) is 4. The zero-order valence-corrected chi connectivity index (χ0v) is 13.4. The molecule has 6 nitrogen and oxygen atoms in total. The van der Waals surface area contributed by atoms with Gasteiger partial charge in [0, 0.05) is 26.2 Å². The van der Waals surface area contributed by atoms with E-state index in [1.54, 1.807) is 30.6 Å². The van der Waals surface area contributed by atoms with Gasteiger partial charge < -0.3 is 19.6 Å². The molecule has 0 aromatic heterocycles. The van der Waals surface area contributed by atoms with Crippen LogP contribution in [0.4, 0.5) is 14.9 Å². The third-order valence-electron chi connectivity index (χ3n) is 3.38. The minimum atomic E-state index is -1.33. The van der Waals surface area contributed by atoms with Gasteiger partial charge in [0.05, 0.1) is 12.6 Å². The highest BCUT2D eigenvalue weighted by Gasteiger charge is 2.26. The molecule has 0 bridgehead atoms. The molecule has 0 radical (unpaired) electrons. The summed E-state index contributed by atoms with van der Waals surface area (Å²) in [5.74, 6) is -2.02. The van der Waals surface area contributed by atoms with Crippen LogP contribution in [0.25, 0.3) is 0 Å². The number of nitrogens with zero attached hydrogens (tertiary/aromatic N) is 2. The number of aromatic carboxylic acids is 1. The van der Waals surface area contributed by atoms with Crippen molar-refractivity contribution < 1.29 is 25.2 Å². The molecular weight excluding hydrogens is 303 g/mol. The Hall–Kier alpha value is -2.31. The average Bonchev–Trinajstić information content (AvgIpc) is 2.47. The van der Waals surface area contributed by atoms with Crippen LogP contribution in [0.2, 0.25) is 0 Å². The Balaban J connectivity index is 2.06. The number of piperazine rings is 1. The number of halogens is 1. The van der Waals surface area contributed by atoms with E-state index >= 15 is 0 Å². The van der Waals surface area contributed by atoms with Crippen molar-refractivity contribution in [1.29, 1.82) is 0 Å². The largest absolute Gasteiger partial charge is 0.478 e. The van der Waals surface area contributed by atoms with Crippen LogP contribution >= 0.6 is 0 Å². The number of benzene rings is 1. The summed E-state index contributed by atoms with van der Waals surface area (Å²) in [5.41, 5.74) is -0.773. The van der Waals surface area contributed by atoms with Crippen molar-refractivity contribution in [1.82, 2.24) is 4.90 Å². The zero-order valence-electron chi connectivity index (χ0n) is 14.4. The van der Waals surface area contributed by atoms with E-state index in [4.69, 9.17) is 11.2 Å². The molecule has 0 unspecified atom stereocenters. The van der Waals surface area contributed by atoms with E-state index in [1.807, 2.05) is 0 Å². The van der Waals surface area contributed by atoms with Gasteiger partial charge in [-0.15, -0.1) is 0 Å². The summed E-state index contributed by atoms with van der Waals surface area (Å²) in [6.07, 6.45) is -0.412. The SMILES string of the molecule is [2H]c1cc(N2CCN(C(=O)OC(C)(C)C)CC2)c(F)cc1C(=O)O. The minimum Gasteiger partial charge on any atom is -0.478 e. The maximum absolute atomic E-state index is 14.2. The Morgan fingerprint density at radius 3 is 2.43 bits per heavy atom. The van der Waals surface area contributed by atoms with Gasteiger partial charge in [-0.1, -0.05) is 0 Å². The Kier molecular flexibility index (Phi) is 4.36. The van der Waals surface area contributed by atoms with Crippen molar-refractivity contribution in [3.05, 3.63) is 29.6 Å². The van der Waals surface area contributed by atoms with Gasteiger partial charge in [-0.2, -0.15) is 0 Å². The summed E-state index contributed by atoms with van der Waals surface area (Å²) in [5, 5.41) is 8.92. The summed E-state index contributed by atoms with van der Waals surface area (Å²) in [7, 11) is 0. The van der Waals surface area contributed by atoms with Crippen LogP contribution in [0, 0.1) is 5.82 Å². The maximum atomic E-state index is 14.2. The quantitative estimate of drug-likeness (QED) is 0.905. The number of rotatable bonds is 2. The predicted octanol–water partition coefficient (Wildman–Crippen LogP) is 2.58. The molecule has 0 aliphatic carbocycles. The van der Waals surface area contributed by atoms with E-state index in [-0.39, 0.29) is 17.3 Å². The predicted molar refractivity (Wildman–Crippen MR) is 83.4 cm³/mol. The molecule has 126 valence electrons. The summed E-state index contributed by atoms with van der Waals surface area (Å²) in [4.78, 5) is 26.2. The Morgan fingerprint density at radius 2 is 1.91 bits per heavy atom. The molecular formula is C16H21FN2O4. The Bertz CT molecular complexity index is 652. The zero-order chi connectivity index (χ0) is 18.1. The number of carbonyl (C=O) groups is 2. The second-order valence-electron chi connectivity index (χ2n) is 6.34. The highest BCUT2D eigenvalue weighted by Crippen LogP contribution is 2.22. The molecule has 0 saturated carbocycles. The first-order chi connectivity index (χ1) is 11.1. The molecule has 7 heteroatoms. The van der Waals surface area contributed by atoms with E-state index in [1.165, 1.54) is 6.07 Å². The fourth-order valence-electron chi connectivity index (χ4n) is 2.28. The molecule has 1 fully saturated rings. The fraction of sp³-hybridized carbons (Fsp3) is 0.500. The fourth-order valence-corrected chi connectivity index (χ4v) is 2.28. The molecule has 0 spiro atoms. The van der Waals surface area contributed by atoms with Gasteiger partial charge in [0.2, 0.25) is 0 Å². The summed E-state index contributed by atoms with van der Waals surface area (Å²) in [6, 6.07) is 1.83. The normalized spacial score (nSPS) is 16.1. The number of carbonyl (C=O) groups excluding carboxylic acids is 1. The van der Waals surface area contributed by atoms with E-state index in [0.29, 0.717) is 26.2 Å². The van der Waals surface area contributed by atoms with Gasteiger partial charge in [0.1, 0.15) is 11.4 Å². The van der Waals surface area contributed by atoms with E-state index in [0.717, 1.165) is 6.07 Å². The number of ether oxygens (including phenoxy) is 1. The summed E-state index contributed by atoms with van der Waals surface area (Å²) >= 11 is 0. The van der Waals surface area contributed by atoms with E-state index in [2.05, 4.69) is 0 Å². The summed E-state index contributed by atoms with van der Waals surface area (Å²) in [6.45, 7) is 6.84. The molecule has 1 aromatic carbocycles. The molecule has 23 heavy (non-hydrogen) atoms. The number of carboxylic acids is 1. The van der Waals surface area contributed by atoms with Crippen molar-refractivity contribution in [3.8, 4) is 0 Å². The van der Waals surface area contributed by atoms with Gasteiger partial charge in [-0.25, -0.2) is 14.0 Å². The standard InChI is InChI=1S/C16H21FN2O4/c1-16(2,3)23-15(22)19-8-6-18(7-9-19)13-5-4-11(14(20)21)10-12(13)17/h4-5,10H,6-9H2,1-3H3,(H,20,21)/i4D. The molecule has 1 amide bonds. The van der Waals surface area contributed by atoms with E-state index < -0.39 is 23.5 Å². The average molecular weight is 325 g/mol. The lowest BCUT2D eigenvalue weighted by atomic mass is 10.1. The van der Waals surface area contributed by atoms with Gasteiger partial charge in [-0.05, 0) is 38.9 Å². The number of amides is 1. The minimum absolute atomic E-state index is 0.175. The van der Waals surface area contributed by atoms with Crippen LogP contribution in [0.5, 0.6) is 0 Å². The van der Waals surface area contributed by atoms with Crippen LogP contribution in [0.3, 0.4) is 0 Å². The molecule has 2 rings (SSSR count). The Labute approximate surface area is 135 Å². The molecule has 1 aliphatic heterocycles. The highest BCUT2D eigenvalue weighted by atomic mass is 19.1. The third-order valence-corrected chi connectivity index (χ3v) is 3.38. The van der Waals surface area contributed by atoms with Crippen molar-refractivity contribution in [2.24, 2.45) is 0 Å². The lowest BCUT2D eigenvalue weighted by Crippen LogP contribution is -2.50. The van der Waals surface area contributed by atoms with Crippen LogP contribution < -0.4 is 4.90 Å². The lowest BCUT2D eigenvalue weighted by Gasteiger charge is -2.36. The molecule has 1 saturated heterocycles. The summed E-state index contributed by atoms with van der Waals surface area (Å²) < 4.78 is 27.2. The van der Waals surface area contributed by atoms with Crippen molar-refractivity contribution in [2.75, 3.05) is 31.1 Å². The van der Waals surface area contributed by atoms with E-state index in [9.17, 15) is 14.0 Å². The molecule has 1 heterocycles. The van der Waals surface area contributed by atoms with Crippen LogP contribution in [0.1, 0.15) is 32.5 Å². The van der Waals surface area contributed by atoms with Crippen molar-refractivity contribution in [2.45, 2.75) is 26.4 Å². The highest BCUT2D eigenvalue weighted by molar-refractivity contribution is 5.88. The smallest absolute Gasteiger partial charge is 0.410 e. The third kappa shape index (κ3) is 4.34. The molecule has 0 atom stereocenters. The molecule has 1 N–H and O–H groups in total. The van der Waals surface area contributed by atoms with Crippen molar-refractivity contribution >= 4 is 17.7 Å². The van der Waals surface area contributed by atoms with Gasteiger partial charge in [-0.3, -0.25) is 0 Å².